The molecule has 2 N–H and O–H groups in total. The third-order valence-corrected chi connectivity index (χ3v) is 4.77. The summed E-state index contributed by atoms with van der Waals surface area (Å²) in [5.74, 6) is 1.90. The summed E-state index contributed by atoms with van der Waals surface area (Å²) in [7, 11) is 0. The highest BCUT2D eigenvalue weighted by molar-refractivity contribution is 6.31. The van der Waals surface area contributed by atoms with Crippen molar-refractivity contribution in [3.63, 3.8) is 0 Å². The van der Waals surface area contributed by atoms with Crippen molar-refractivity contribution in [1.29, 1.82) is 0 Å². The van der Waals surface area contributed by atoms with Crippen molar-refractivity contribution in [3.05, 3.63) is 22.2 Å². The molecule has 0 atom stereocenters. The summed E-state index contributed by atoms with van der Waals surface area (Å²) in [6.45, 7) is 4.58. The van der Waals surface area contributed by atoms with E-state index in [-0.39, 0.29) is 12.3 Å². The van der Waals surface area contributed by atoms with Gasteiger partial charge in [-0.3, -0.25) is 0 Å². The van der Waals surface area contributed by atoms with Crippen LogP contribution in [0.2, 0.25) is 5.02 Å². The second-order valence-corrected chi connectivity index (χ2v) is 6.66. The molecule has 0 spiro atoms. The minimum Gasteiger partial charge on any atom is -0.454 e. The predicted octanol–water partition coefficient (Wildman–Crippen LogP) is 4.31. The minimum absolute atomic E-state index is 0.270. The number of ether oxygens (including phenoxy) is 2. The first-order valence-electron chi connectivity index (χ1n) is 7.44. The lowest BCUT2D eigenvalue weighted by Gasteiger charge is -2.37. The summed E-state index contributed by atoms with van der Waals surface area (Å²) in [4.78, 5) is 0. The van der Waals surface area contributed by atoms with Crippen molar-refractivity contribution in [1.82, 2.24) is 0 Å². The molecule has 1 fully saturated rings. The monoisotopic (exact) mass is 295 g/mol. The van der Waals surface area contributed by atoms with Crippen LogP contribution in [0.5, 0.6) is 11.5 Å². The van der Waals surface area contributed by atoms with Crippen LogP contribution in [0, 0.1) is 0 Å². The van der Waals surface area contributed by atoms with Gasteiger partial charge in [0.15, 0.2) is 11.5 Å². The fraction of sp³-hybridized carbons (Fsp3) is 0.625. The van der Waals surface area contributed by atoms with Crippen molar-refractivity contribution in [3.8, 4) is 11.5 Å². The lowest BCUT2D eigenvalue weighted by atomic mass is 9.74. The number of hydrogen-bond donors (Lipinski definition) is 1. The summed E-state index contributed by atoms with van der Waals surface area (Å²) in [5.41, 5.74) is 8.62. The first kappa shape index (κ1) is 14.0. The van der Waals surface area contributed by atoms with E-state index in [0.29, 0.717) is 5.92 Å². The fourth-order valence-electron chi connectivity index (χ4n) is 3.53. The number of halogens is 1. The summed E-state index contributed by atoms with van der Waals surface area (Å²) in [6, 6.07) is 1.87. The standard InChI is InChI=1S/C16H22ClNO2/c1-10(2)13-14(16(18)6-4-3-5-7-16)11(17)8-12-15(13)20-9-19-12/h8,10H,3-7,9,18H2,1-2H3. The van der Waals surface area contributed by atoms with Gasteiger partial charge in [-0.1, -0.05) is 44.7 Å². The van der Waals surface area contributed by atoms with Gasteiger partial charge in [-0.25, -0.2) is 0 Å². The number of nitrogens with two attached hydrogens (primary N) is 1. The molecule has 0 unspecified atom stereocenters. The van der Waals surface area contributed by atoms with Gasteiger partial charge < -0.3 is 15.2 Å². The van der Waals surface area contributed by atoms with E-state index < -0.39 is 0 Å². The average molecular weight is 296 g/mol. The van der Waals surface area contributed by atoms with Crippen LogP contribution in [0.25, 0.3) is 0 Å². The van der Waals surface area contributed by atoms with Crippen molar-refractivity contribution in [2.45, 2.75) is 57.4 Å². The van der Waals surface area contributed by atoms with Crippen LogP contribution >= 0.6 is 11.6 Å². The summed E-state index contributed by atoms with van der Waals surface area (Å²) in [6.07, 6.45) is 5.58. The SMILES string of the molecule is CC(C)c1c2c(cc(Cl)c1C1(N)CCCCC1)OCO2. The van der Waals surface area contributed by atoms with Crippen LogP contribution in [0.15, 0.2) is 6.07 Å². The summed E-state index contributed by atoms with van der Waals surface area (Å²) >= 11 is 6.56. The zero-order valence-corrected chi connectivity index (χ0v) is 12.9. The topological polar surface area (TPSA) is 44.5 Å². The average Bonchev–Trinajstić information content (AvgIpc) is 2.85. The second-order valence-electron chi connectivity index (χ2n) is 6.25. The van der Waals surface area contributed by atoms with E-state index in [4.69, 9.17) is 26.8 Å². The Kier molecular flexibility index (Phi) is 3.59. The molecule has 0 amide bonds. The van der Waals surface area contributed by atoms with Crippen LogP contribution in [-0.2, 0) is 5.54 Å². The van der Waals surface area contributed by atoms with Gasteiger partial charge in [0.25, 0.3) is 0 Å². The number of fused-ring (bicyclic) bond motifs is 1. The van der Waals surface area contributed by atoms with Crippen LogP contribution < -0.4 is 15.2 Å². The maximum atomic E-state index is 6.73. The zero-order valence-electron chi connectivity index (χ0n) is 12.2. The Morgan fingerprint density at radius 3 is 2.55 bits per heavy atom. The molecule has 3 nitrogen and oxygen atoms in total. The Balaban J connectivity index is 2.19. The van der Waals surface area contributed by atoms with Crippen LogP contribution in [0.1, 0.15) is 63.0 Å². The largest absolute Gasteiger partial charge is 0.454 e. The molecule has 3 rings (SSSR count). The molecule has 4 heteroatoms. The Morgan fingerprint density at radius 2 is 1.90 bits per heavy atom. The third-order valence-electron chi connectivity index (χ3n) is 4.47. The normalized spacial score (nSPS) is 20.4. The molecule has 0 bridgehead atoms. The molecule has 1 aromatic carbocycles. The van der Waals surface area contributed by atoms with E-state index in [0.717, 1.165) is 40.5 Å². The molecule has 0 radical (unpaired) electrons. The summed E-state index contributed by atoms with van der Waals surface area (Å²) < 4.78 is 11.2. The van der Waals surface area contributed by atoms with Gasteiger partial charge >= 0.3 is 0 Å². The van der Waals surface area contributed by atoms with Crippen molar-refractivity contribution >= 4 is 11.6 Å². The van der Waals surface area contributed by atoms with E-state index in [1.165, 1.54) is 19.3 Å². The molecule has 20 heavy (non-hydrogen) atoms. The Morgan fingerprint density at radius 1 is 1.20 bits per heavy atom. The molecule has 1 aromatic rings. The molecule has 0 saturated heterocycles. The molecule has 0 aromatic heterocycles. The van der Waals surface area contributed by atoms with Gasteiger partial charge in [0.1, 0.15) is 0 Å². The molecule has 1 saturated carbocycles. The third kappa shape index (κ3) is 2.17. The Bertz CT molecular complexity index is 522. The maximum Gasteiger partial charge on any atom is 0.231 e. The molecule has 110 valence electrons. The van der Waals surface area contributed by atoms with E-state index in [2.05, 4.69) is 13.8 Å². The van der Waals surface area contributed by atoms with Crippen LogP contribution in [-0.4, -0.2) is 6.79 Å². The van der Waals surface area contributed by atoms with Crippen LogP contribution in [0.4, 0.5) is 0 Å². The Labute approximate surface area is 125 Å². The van der Waals surface area contributed by atoms with Crippen LogP contribution in [0.3, 0.4) is 0 Å². The van der Waals surface area contributed by atoms with Gasteiger partial charge in [0.05, 0.1) is 0 Å². The lowest BCUT2D eigenvalue weighted by molar-refractivity contribution is 0.173. The molecular formula is C16H22ClNO2. The van der Waals surface area contributed by atoms with Gasteiger partial charge in [-0.2, -0.15) is 0 Å². The molecule has 1 heterocycles. The second kappa shape index (κ2) is 5.12. The highest BCUT2D eigenvalue weighted by Crippen LogP contribution is 2.50. The van der Waals surface area contributed by atoms with Gasteiger partial charge in [-0.05, 0) is 24.3 Å². The minimum atomic E-state index is -0.323. The van der Waals surface area contributed by atoms with Gasteiger partial charge in [0.2, 0.25) is 6.79 Å². The van der Waals surface area contributed by atoms with Gasteiger partial charge in [-0.15, -0.1) is 0 Å². The van der Waals surface area contributed by atoms with Gasteiger partial charge in [0, 0.05) is 22.2 Å². The highest BCUT2D eigenvalue weighted by Gasteiger charge is 2.37. The predicted molar refractivity (Wildman–Crippen MR) is 80.6 cm³/mol. The Hall–Kier alpha value is -0.930. The molecule has 2 aliphatic rings. The quantitative estimate of drug-likeness (QED) is 0.884. The maximum absolute atomic E-state index is 6.73. The molecule has 1 aliphatic carbocycles. The van der Waals surface area contributed by atoms with E-state index in [1.807, 2.05) is 6.07 Å². The van der Waals surface area contributed by atoms with E-state index >= 15 is 0 Å². The summed E-state index contributed by atoms with van der Waals surface area (Å²) in [5, 5.41) is 0.724. The van der Waals surface area contributed by atoms with Crippen molar-refractivity contribution < 1.29 is 9.47 Å². The van der Waals surface area contributed by atoms with E-state index in [9.17, 15) is 0 Å². The zero-order chi connectivity index (χ0) is 14.3. The molecular weight excluding hydrogens is 274 g/mol. The number of hydrogen-bond acceptors (Lipinski definition) is 3. The lowest BCUT2D eigenvalue weighted by Crippen LogP contribution is -2.40. The number of benzene rings is 1. The van der Waals surface area contributed by atoms with E-state index in [1.54, 1.807) is 0 Å². The highest BCUT2D eigenvalue weighted by atomic mass is 35.5. The fourth-order valence-corrected chi connectivity index (χ4v) is 3.91. The van der Waals surface area contributed by atoms with Crippen molar-refractivity contribution in [2.24, 2.45) is 5.73 Å². The first-order valence-corrected chi connectivity index (χ1v) is 7.82. The smallest absolute Gasteiger partial charge is 0.231 e. The first-order chi connectivity index (χ1) is 9.53. The number of rotatable bonds is 2. The van der Waals surface area contributed by atoms with Crippen molar-refractivity contribution in [2.75, 3.05) is 6.79 Å². The molecule has 1 aliphatic heterocycles.